The van der Waals surface area contributed by atoms with Crippen molar-refractivity contribution in [3.05, 3.63) is 111 Å². The molecule has 0 spiro atoms. The summed E-state index contributed by atoms with van der Waals surface area (Å²) in [7, 11) is 0. The molecular weight excluding hydrogens is 412 g/mol. The first kappa shape index (κ1) is 22.2. The van der Waals surface area contributed by atoms with Crippen LogP contribution in [0.25, 0.3) is 10.9 Å². The van der Waals surface area contributed by atoms with Crippen LogP contribution >= 0.6 is 0 Å². The van der Waals surface area contributed by atoms with E-state index < -0.39 is 0 Å². The van der Waals surface area contributed by atoms with E-state index in [2.05, 4.69) is 5.32 Å². The van der Waals surface area contributed by atoms with Crippen LogP contribution < -0.4 is 10.7 Å². The maximum atomic E-state index is 13.2. The number of rotatable bonds is 6. The quantitative estimate of drug-likeness (QED) is 0.428. The van der Waals surface area contributed by atoms with E-state index in [-0.39, 0.29) is 29.2 Å². The molecule has 0 atom stereocenters. The molecule has 1 heterocycles. The highest BCUT2D eigenvalue weighted by molar-refractivity contribution is 6.10. The SMILES string of the molecule is CCc1ccc(C(=O)c2cn(CC(=O)Nc3ccc(C)c(C)c3)c3ccccc3c2=O)cc1. The summed E-state index contributed by atoms with van der Waals surface area (Å²) in [5.74, 6) is -0.588. The number of anilines is 1. The summed E-state index contributed by atoms with van der Waals surface area (Å²) in [6.45, 7) is 6.03. The summed E-state index contributed by atoms with van der Waals surface area (Å²) >= 11 is 0. The van der Waals surface area contributed by atoms with Crippen LogP contribution in [-0.4, -0.2) is 16.3 Å². The number of nitrogens with one attached hydrogen (secondary N) is 1. The van der Waals surface area contributed by atoms with Gasteiger partial charge in [-0.2, -0.15) is 0 Å². The van der Waals surface area contributed by atoms with Gasteiger partial charge in [0.15, 0.2) is 5.78 Å². The van der Waals surface area contributed by atoms with E-state index in [1.165, 1.54) is 6.20 Å². The third-order valence-corrected chi connectivity index (χ3v) is 5.96. The molecule has 3 aromatic carbocycles. The number of aryl methyl sites for hydroxylation is 3. The lowest BCUT2D eigenvalue weighted by atomic mass is 10.0. The molecule has 4 rings (SSSR count). The average molecular weight is 439 g/mol. The van der Waals surface area contributed by atoms with Gasteiger partial charge in [-0.3, -0.25) is 14.4 Å². The Morgan fingerprint density at radius 2 is 1.64 bits per heavy atom. The van der Waals surface area contributed by atoms with E-state index in [0.29, 0.717) is 22.2 Å². The van der Waals surface area contributed by atoms with E-state index in [4.69, 9.17) is 0 Å². The standard InChI is InChI=1S/C28H26N2O3/c1-4-20-10-12-21(13-11-20)27(32)24-16-30(25-8-6-5-7-23(25)28(24)33)17-26(31)29-22-14-9-18(2)19(3)15-22/h5-16H,4,17H2,1-3H3,(H,29,31). The molecule has 0 saturated carbocycles. The zero-order chi connectivity index (χ0) is 23.5. The number of para-hydroxylation sites is 1. The number of benzene rings is 3. The Hall–Kier alpha value is -3.99. The molecule has 0 saturated heterocycles. The zero-order valence-electron chi connectivity index (χ0n) is 19.0. The third kappa shape index (κ3) is 4.62. The molecule has 0 aliphatic carbocycles. The van der Waals surface area contributed by atoms with Crippen LogP contribution in [0.4, 0.5) is 5.69 Å². The van der Waals surface area contributed by atoms with Crippen LogP contribution in [0, 0.1) is 13.8 Å². The molecule has 1 N–H and O–H groups in total. The summed E-state index contributed by atoms with van der Waals surface area (Å²) in [6.07, 6.45) is 2.37. The Morgan fingerprint density at radius 3 is 2.33 bits per heavy atom. The molecule has 0 bridgehead atoms. The second-order valence-electron chi connectivity index (χ2n) is 8.24. The molecule has 4 aromatic rings. The maximum absolute atomic E-state index is 13.2. The fourth-order valence-electron chi connectivity index (χ4n) is 3.86. The fourth-order valence-corrected chi connectivity index (χ4v) is 3.86. The van der Waals surface area contributed by atoms with Crippen LogP contribution in [0.3, 0.4) is 0 Å². The van der Waals surface area contributed by atoms with Crippen molar-refractivity contribution in [1.29, 1.82) is 0 Å². The molecule has 33 heavy (non-hydrogen) atoms. The Balaban J connectivity index is 1.70. The van der Waals surface area contributed by atoms with Gasteiger partial charge in [0.1, 0.15) is 6.54 Å². The van der Waals surface area contributed by atoms with Crippen LogP contribution in [0.5, 0.6) is 0 Å². The summed E-state index contributed by atoms with van der Waals surface area (Å²) in [5, 5.41) is 3.32. The second kappa shape index (κ2) is 9.25. The lowest BCUT2D eigenvalue weighted by molar-refractivity contribution is -0.116. The number of aromatic nitrogens is 1. The first-order valence-corrected chi connectivity index (χ1v) is 11.0. The smallest absolute Gasteiger partial charge is 0.244 e. The lowest BCUT2D eigenvalue weighted by Crippen LogP contribution is -2.24. The highest BCUT2D eigenvalue weighted by Gasteiger charge is 2.18. The first-order valence-electron chi connectivity index (χ1n) is 11.0. The van der Waals surface area contributed by atoms with Crippen molar-refractivity contribution in [3.63, 3.8) is 0 Å². The van der Waals surface area contributed by atoms with E-state index in [0.717, 1.165) is 23.1 Å². The lowest BCUT2D eigenvalue weighted by Gasteiger charge is -2.14. The number of ketones is 1. The number of fused-ring (bicyclic) bond motifs is 1. The van der Waals surface area contributed by atoms with Crippen molar-refractivity contribution in [2.24, 2.45) is 0 Å². The second-order valence-corrected chi connectivity index (χ2v) is 8.24. The number of amides is 1. The van der Waals surface area contributed by atoms with E-state index in [9.17, 15) is 14.4 Å². The predicted octanol–water partition coefficient (Wildman–Crippen LogP) is 5.05. The molecule has 1 aromatic heterocycles. The van der Waals surface area contributed by atoms with E-state index >= 15 is 0 Å². The van der Waals surface area contributed by atoms with Gasteiger partial charge in [0.25, 0.3) is 0 Å². The molecule has 1 amide bonds. The number of pyridine rings is 1. The van der Waals surface area contributed by atoms with Gasteiger partial charge in [-0.15, -0.1) is 0 Å². The van der Waals surface area contributed by atoms with Crippen LogP contribution in [0.2, 0.25) is 0 Å². The first-order chi connectivity index (χ1) is 15.9. The van der Waals surface area contributed by atoms with Gasteiger partial charge in [0.05, 0.1) is 11.1 Å². The third-order valence-electron chi connectivity index (χ3n) is 5.96. The Labute approximate surface area is 192 Å². The minimum Gasteiger partial charge on any atom is -0.337 e. The maximum Gasteiger partial charge on any atom is 0.244 e. The number of nitrogens with zero attached hydrogens (tertiary/aromatic N) is 1. The highest BCUT2D eigenvalue weighted by Crippen LogP contribution is 2.17. The van der Waals surface area contributed by atoms with Gasteiger partial charge in [0.2, 0.25) is 11.3 Å². The van der Waals surface area contributed by atoms with Gasteiger partial charge in [0, 0.05) is 22.8 Å². The van der Waals surface area contributed by atoms with Crippen molar-refractivity contribution in [2.75, 3.05) is 5.32 Å². The van der Waals surface area contributed by atoms with Crippen molar-refractivity contribution in [1.82, 2.24) is 4.57 Å². The molecule has 0 radical (unpaired) electrons. The molecule has 0 aliphatic heterocycles. The topological polar surface area (TPSA) is 68.2 Å². The molecule has 5 heteroatoms. The zero-order valence-corrected chi connectivity index (χ0v) is 19.0. The molecule has 166 valence electrons. The normalized spacial score (nSPS) is 10.9. The molecule has 0 fully saturated rings. The Morgan fingerprint density at radius 1 is 0.909 bits per heavy atom. The fraction of sp³-hybridized carbons (Fsp3) is 0.179. The summed E-state index contributed by atoms with van der Waals surface area (Å²) < 4.78 is 1.67. The number of carbonyl (C=O) groups excluding carboxylic acids is 2. The highest BCUT2D eigenvalue weighted by atomic mass is 16.2. The van der Waals surface area contributed by atoms with E-state index in [1.54, 1.807) is 34.9 Å². The summed E-state index contributed by atoms with van der Waals surface area (Å²) in [6, 6.07) is 20.0. The average Bonchev–Trinajstić information content (AvgIpc) is 2.83. The molecule has 0 unspecified atom stereocenters. The van der Waals surface area contributed by atoms with Gasteiger partial charge in [-0.25, -0.2) is 0 Å². The van der Waals surface area contributed by atoms with Crippen LogP contribution in [-0.2, 0) is 17.8 Å². The molecule has 5 nitrogen and oxygen atoms in total. The van der Waals surface area contributed by atoms with Crippen LogP contribution in [0.15, 0.2) is 77.7 Å². The summed E-state index contributed by atoms with van der Waals surface area (Å²) in [5.41, 5.74) is 4.84. The molecular formula is C28H26N2O3. The van der Waals surface area contributed by atoms with Crippen molar-refractivity contribution >= 4 is 28.3 Å². The predicted molar refractivity (Wildman–Crippen MR) is 132 cm³/mol. The van der Waals surface area contributed by atoms with Gasteiger partial charge in [-0.05, 0) is 61.2 Å². The summed E-state index contributed by atoms with van der Waals surface area (Å²) in [4.78, 5) is 39.2. The monoisotopic (exact) mass is 438 g/mol. The Bertz CT molecular complexity index is 1420. The molecule has 0 aliphatic rings. The minimum absolute atomic E-state index is 0.0250. The van der Waals surface area contributed by atoms with Crippen molar-refractivity contribution in [2.45, 2.75) is 33.7 Å². The number of carbonyl (C=O) groups is 2. The minimum atomic E-state index is -0.350. The number of hydrogen-bond donors (Lipinski definition) is 1. The van der Waals surface area contributed by atoms with Gasteiger partial charge < -0.3 is 9.88 Å². The largest absolute Gasteiger partial charge is 0.337 e. The van der Waals surface area contributed by atoms with Gasteiger partial charge in [-0.1, -0.05) is 49.4 Å². The Kier molecular flexibility index (Phi) is 6.22. The van der Waals surface area contributed by atoms with Crippen molar-refractivity contribution < 1.29 is 9.59 Å². The number of hydrogen-bond acceptors (Lipinski definition) is 3. The van der Waals surface area contributed by atoms with Crippen molar-refractivity contribution in [3.8, 4) is 0 Å². The van der Waals surface area contributed by atoms with E-state index in [1.807, 2.05) is 57.2 Å². The van der Waals surface area contributed by atoms with Gasteiger partial charge >= 0.3 is 0 Å². The van der Waals surface area contributed by atoms with Crippen LogP contribution in [0.1, 0.15) is 39.5 Å².